The molecule has 1 saturated heterocycles. The molecule has 19 heavy (non-hydrogen) atoms. The topological polar surface area (TPSA) is 15.3 Å². The summed E-state index contributed by atoms with van der Waals surface area (Å²) in [5.41, 5.74) is 0.480. The lowest BCUT2D eigenvalue weighted by Gasteiger charge is -2.38. The van der Waals surface area contributed by atoms with Crippen LogP contribution in [0.5, 0.6) is 0 Å². The first-order valence-electron chi connectivity index (χ1n) is 8.09. The largest absolute Gasteiger partial charge is 0.313 e. The second-order valence-electron chi connectivity index (χ2n) is 7.14. The van der Waals surface area contributed by atoms with Crippen LogP contribution < -0.4 is 5.32 Å². The van der Waals surface area contributed by atoms with Crippen molar-refractivity contribution in [2.75, 3.05) is 31.1 Å². The number of thioether (sulfide) groups is 1. The lowest BCUT2D eigenvalue weighted by molar-refractivity contribution is 0.162. The molecule has 2 aliphatic rings. The first-order chi connectivity index (χ1) is 9.04. The SMILES string of the molecule is CCCNC1C(CN2CCSCC2C)CCC1(C)C. The van der Waals surface area contributed by atoms with E-state index >= 15 is 0 Å². The predicted octanol–water partition coefficient (Wildman–Crippen LogP) is 3.23. The Balaban J connectivity index is 1.93. The summed E-state index contributed by atoms with van der Waals surface area (Å²) in [6.07, 6.45) is 4.04. The second-order valence-corrected chi connectivity index (χ2v) is 8.29. The van der Waals surface area contributed by atoms with E-state index in [0.717, 1.165) is 12.0 Å². The summed E-state index contributed by atoms with van der Waals surface area (Å²) in [6, 6.07) is 1.49. The maximum absolute atomic E-state index is 3.84. The molecule has 1 N–H and O–H groups in total. The third-order valence-electron chi connectivity index (χ3n) is 5.06. The minimum Gasteiger partial charge on any atom is -0.313 e. The third kappa shape index (κ3) is 3.89. The molecule has 2 rings (SSSR count). The molecule has 0 aromatic carbocycles. The van der Waals surface area contributed by atoms with Crippen molar-refractivity contribution in [2.24, 2.45) is 11.3 Å². The monoisotopic (exact) mass is 284 g/mol. The van der Waals surface area contributed by atoms with E-state index in [9.17, 15) is 0 Å². The highest BCUT2D eigenvalue weighted by Gasteiger charge is 2.42. The van der Waals surface area contributed by atoms with E-state index in [4.69, 9.17) is 0 Å². The first-order valence-corrected chi connectivity index (χ1v) is 9.25. The quantitative estimate of drug-likeness (QED) is 0.834. The summed E-state index contributed by atoms with van der Waals surface area (Å²) in [4.78, 5) is 2.74. The van der Waals surface area contributed by atoms with Crippen LogP contribution in [0.15, 0.2) is 0 Å². The summed E-state index contributed by atoms with van der Waals surface area (Å²) in [5, 5.41) is 3.84. The fraction of sp³-hybridized carbons (Fsp3) is 1.00. The van der Waals surface area contributed by atoms with Gasteiger partial charge in [0.05, 0.1) is 0 Å². The fourth-order valence-corrected chi connectivity index (χ4v) is 4.87. The van der Waals surface area contributed by atoms with Crippen molar-refractivity contribution < 1.29 is 0 Å². The van der Waals surface area contributed by atoms with Crippen molar-refractivity contribution in [1.82, 2.24) is 10.2 Å². The Bertz CT molecular complexity index is 280. The van der Waals surface area contributed by atoms with Crippen LogP contribution in [0, 0.1) is 11.3 Å². The van der Waals surface area contributed by atoms with Crippen molar-refractivity contribution in [3.63, 3.8) is 0 Å². The summed E-state index contributed by atoms with van der Waals surface area (Å²) in [7, 11) is 0. The Kier molecular flexibility index (Phi) is 5.62. The van der Waals surface area contributed by atoms with Crippen molar-refractivity contribution in [3.8, 4) is 0 Å². The molecule has 0 amide bonds. The molecule has 2 fully saturated rings. The van der Waals surface area contributed by atoms with E-state index in [0.29, 0.717) is 11.5 Å². The maximum atomic E-state index is 3.84. The molecule has 3 unspecified atom stereocenters. The maximum Gasteiger partial charge on any atom is 0.0159 e. The molecule has 0 aromatic rings. The van der Waals surface area contributed by atoms with Gasteiger partial charge in [-0.3, -0.25) is 4.90 Å². The fourth-order valence-electron chi connectivity index (χ4n) is 3.79. The Labute approximate surface area is 124 Å². The van der Waals surface area contributed by atoms with Crippen LogP contribution in [0.4, 0.5) is 0 Å². The number of hydrogen-bond donors (Lipinski definition) is 1. The number of rotatable bonds is 5. The molecule has 3 atom stereocenters. The average molecular weight is 285 g/mol. The van der Waals surface area contributed by atoms with Crippen LogP contribution in [0.1, 0.15) is 47.0 Å². The smallest absolute Gasteiger partial charge is 0.0159 e. The molecular weight excluding hydrogens is 252 g/mol. The molecule has 1 aliphatic carbocycles. The van der Waals surface area contributed by atoms with Gasteiger partial charge in [0.25, 0.3) is 0 Å². The standard InChI is InChI=1S/C16H32N2S/c1-5-8-17-15-14(6-7-16(15,3)4)11-18-9-10-19-12-13(18)2/h13-15,17H,5-12H2,1-4H3. The molecule has 1 saturated carbocycles. The zero-order valence-electron chi connectivity index (χ0n) is 13.2. The van der Waals surface area contributed by atoms with E-state index in [1.807, 2.05) is 0 Å². The molecule has 0 radical (unpaired) electrons. The molecule has 0 bridgehead atoms. The zero-order valence-corrected chi connectivity index (χ0v) is 14.1. The highest BCUT2D eigenvalue weighted by atomic mass is 32.2. The van der Waals surface area contributed by atoms with Gasteiger partial charge in [-0.2, -0.15) is 11.8 Å². The minimum atomic E-state index is 0.480. The van der Waals surface area contributed by atoms with Gasteiger partial charge < -0.3 is 5.32 Å². The average Bonchev–Trinajstić information content (AvgIpc) is 2.65. The van der Waals surface area contributed by atoms with Gasteiger partial charge in [-0.25, -0.2) is 0 Å². The molecule has 3 heteroatoms. The predicted molar refractivity (Wildman–Crippen MR) is 86.9 cm³/mol. The van der Waals surface area contributed by atoms with Crippen molar-refractivity contribution >= 4 is 11.8 Å². The molecule has 1 heterocycles. The molecule has 0 aromatic heterocycles. The zero-order chi connectivity index (χ0) is 13.9. The Morgan fingerprint density at radius 3 is 2.84 bits per heavy atom. The summed E-state index contributed by atoms with van der Waals surface area (Å²) in [5.74, 6) is 3.50. The van der Waals surface area contributed by atoms with Gasteiger partial charge in [0.2, 0.25) is 0 Å². The van der Waals surface area contributed by atoms with Gasteiger partial charge in [0.1, 0.15) is 0 Å². The minimum absolute atomic E-state index is 0.480. The molecular formula is C16H32N2S. The summed E-state index contributed by atoms with van der Waals surface area (Å²) in [6.45, 7) is 13.4. The van der Waals surface area contributed by atoms with E-state index in [1.165, 1.54) is 50.4 Å². The van der Waals surface area contributed by atoms with Gasteiger partial charge in [-0.05, 0) is 44.1 Å². The summed E-state index contributed by atoms with van der Waals surface area (Å²) < 4.78 is 0. The van der Waals surface area contributed by atoms with Crippen LogP contribution in [0.3, 0.4) is 0 Å². The van der Waals surface area contributed by atoms with Crippen LogP contribution in [-0.2, 0) is 0 Å². The molecule has 0 spiro atoms. The lowest BCUT2D eigenvalue weighted by Crippen LogP contribution is -2.49. The Morgan fingerprint density at radius 1 is 1.37 bits per heavy atom. The van der Waals surface area contributed by atoms with Crippen molar-refractivity contribution in [1.29, 1.82) is 0 Å². The Morgan fingerprint density at radius 2 is 2.16 bits per heavy atom. The van der Waals surface area contributed by atoms with Crippen LogP contribution in [-0.4, -0.2) is 48.1 Å². The van der Waals surface area contributed by atoms with E-state index in [2.05, 4.69) is 49.7 Å². The van der Waals surface area contributed by atoms with Crippen LogP contribution in [0.25, 0.3) is 0 Å². The van der Waals surface area contributed by atoms with E-state index in [1.54, 1.807) is 0 Å². The highest BCUT2D eigenvalue weighted by Crippen LogP contribution is 2.42. The van der Waals surface area contributed by atoms with Crippen LogP contribution in [0.2, 0.25) is 0 Å². The van der Waals surface area contributed by atoms with Gasteiger partial charge in [-0.1, -0.05) is 20.8 Å². The van der Waals surface area contributed by atoms with Crippen LogP contribution >= 0.6 is 11.8 Å². The normalized spacial score (nSPS) is 35.7. The number of hydrogen-bond acceptors (Lipinski definition) is 3. The number of nitrogens with zero attached hydrogens (tertiary/aromatic N) is 1. The van der Waals surface area contributed by atoms with Gasteiger partial charge >= 0.3 is 0 Å². The summed E-state index contributed by atoms with van der Waals surface area (Å²) >= 11 is 2.12. The van der Waals surface area contributed by atoms with Gasteiger partial charge in [-0.15, -0.1) is 0 Å². The third-order valence-corrected chi connectivity index (χ3v) is 6.25. The van der Waals surface area contributed by atoms with Gasteiger partial charge in [0.15, 0.2) is 0 Å². The Hall–Kier alpha value is 0.270. The van der Waals surface area contributed by atoms with Crippen molar-refractivity contribution in [2.45, 2.75) is 59.0 Å². The molecule has 112 valence electrons. The van der Waals surface area contributed by atoms with E-state index < -0.39 is 0 Å². The lowest BCUT2D eigenvalue weighted by atomic mass is 9.84. The first kappa shape index (κ1) is 15.7. The molecule has 2 nitrogen and oxygen atoms in total. The van der Waals surface area contributed by atoms with Gasteiger partial charge in [0, 0.05) is 36.7 Å². The molecule has 1 aliphatic heterocycles. The highest BCUT2D eigenvalue weighted by molar-refractivity contribution is 7.99. The number of nitrogens with one attached hydrogen (secondary N) is 1. The second kappa shape index (κ2) is 6.82. The van der Waals surface area contributed by atoms with Crippen molar-refractivity contribution in [3.05, 3.63) is 0 Å². The van der Waals surface area contributed by atoms with E-state index in [-0.39, 0.29) is 0 Å².